The molecule has 0 saturated carbocycles. The van der Waals surface area contributed by atoms with Crippen molar-refractivity contribution in [1.82, 2.24) is 10.4 Å². The molecule has 1 aromatic carbocycles. The van der Waals surface area contributed by atoms with Crippen molar-refractivity contribution in [2.24, 2.45) is 5.10 Å². The lowest BCUT2D eigenvalue weighted by atomic mass is 10.2. The molecule has 1 amide bonds. The predicted octanol–water partition coefficient (Wildman–Crippen LogP) is 2.60. The van der Waals surface area contributed by atoms with E-state index in [4.69, 9.17) is 16.0 Å². The molecule has 0 unspecified atom stereocenters. The first-order valence-corrected chi connectivity index (χ1v) is 6.93. The summed E-state index contributed by atoms with van der Waals surface area (Å²) in [5.74, 6) is -0.428. The molecule has 0 aliphatic heterocycles. The molecule has 0 saturated heterocycles. The Morgan fingerprint density at radius 2 is 2.04 bits per heavy atom. The molecule has 7 heteroatoms. The van der Waals surface area contributed by atoms with E-state index in [1.165, 1.54) is 12.4 Å². The number of amides is 1. The maximum Gasteiger partial charge on any atom is 0.271 e. The topological polar surface area (TPSA) is 91.3 Å². The zero-order chi connectivity index (χ0) is 16.2. The first-order valence-electron chi connectivity index (χ1n) is 6.55. The molecule has 0 atom stereocenters. The first kappa shape index (κ1) is 14.8. The number of aromatic nitrogens is 1. The van der Waals surface area contributed by atoms with Crippen molar-refractivity contribution >= 4 is 28.5 Å². The number of nitrogens with one attached hydrogen (secondary N) is 1. The fourth-order valence-electron chi connectivity index (χ4n) is 1.93. The Balaban J connectivity index is 2.00. The summed E-state index contributed by atoms with van der Waals surface area (Å²) in [6.07, 6.45) is 3.00. The standard InChI is InChI=1S/C16H9ClN4O2/c17-13-1-2-14-11(8-13)7-12(9-18)16(23-14)21-20-15(22)10-3-5-19-6-4-10/h1-8H,(H,20,22)/b21-16+. The van der Waals surface area contributed by atoms with Gasteiger partial charge < -0.3 is 4.42 Å². The fraction of sp³-hybridized carbons (Fsp3) is 0. The van der Waals surface area contributed by atoms with Crippen molar-refractivity contribution in [3.05, 3.63) is 70.5 Å². The maximum absolute atomic E-state index is 12.0. The molecule has 1 N–H and O–H groups in total. The second-order valence-corrected chi connectivity index (χ2v) is 4.98. The summed E-state index contributed by atoms with van der Waals surface area (Å²) < 4.78 is 5.55. The minimum atomic E-state index is -0.428. The number of nitrogens with zero attached hydrogens (tertiary/aromatic N) is 3. The van der Waals surface area contributed by atoms with Crippen molar-refractivity contribution < 1.29 is 9.21 Å². The van der Waals surface area contributed by atoms with Crippen LogP contribution in [0.4, 0.5) is 0 Å². The van der Waals surface area contributed by atoms with Gasteiger partial charge in [-0.25, -0.2) is 5.43 Å². The Hall–Kier alpha value is -3.17. The Bertz CT molecular complexity index is 990. The van der Waals surface area contributed by atoms with Gasteiger partial charge in [0.1, 0.15) is 17.2 Å². The number of halogens is 1. The van der Waals surface area contributed by atoms with E-state index in [1.807, 2.05) is 6.07 Å². The van der Waals surface area contributed by atoms with E-state index >= 15 is 0 Å². The van der Waals surface area contributed by atoms with Gasteiger partial charge in [0.05, 0.1) is 0 Å². The lowest BCUT2D eigenvalue weighted by molar-refractivity contribution is 0.0951. The summed E-state index contributed by atoms with van der Waals surface area (Å²) in [5, 5.41) is 14.3. The van der Waals surface area contributed by atoms with Crippen LogP contribution in [0, 0.1) is 11.3 Å². The third-order valence-corrected chi connectivity index (χ3v) is 3.27. The Kier molecular flexibility index (Phi) is 4.04. The van der Waals surface area contributed by atoms with Crippen LogP contribution in [0.1, 0.15) is 15.9 Å². The second-order valence-electron chi connectivity index (χ2n) is 4.55. The molecule has 23 heavy (non-hydrogen) atoms. The van der Waals surface area contributed by atoms with Crippen LogP contribution in [-0.4, -0.2) is 10.9 Å². The van der Waals surface area contributed by atoms with Crippen molar-refractivity contribution in [2.45, 2.75) is 0 Å². The van der Waals surface area contributed by atoms with E-state index in [-0.39, 0.29) is 11.1 Å². The normalized spacial score (nSPS) is 11.2. The lowest BCUT2D eigenvalue weighted by Gasteiger charge is -2.01. The molecule has 0 fully saturated rings. The van der Waals surface area contributed by atoms with Gasteiger partial charge in [-0.05, 0) is 36.4 Å². The number of hydrogen-bond donors (Lipinski definition) is 1. The molecule has 0 aliphatic rings. The Morgan fingerprint density at radius 1 is 1.26 bits per heavy atom. The summed E-state index contributed by atoms with van der Waals surface area (Å²) in [5.41, 5.74) is 3.46. The van der Waals surface area contributed by atoms with Crippen molar-refractivity contribution in [3.63, 3.8) is 0 Å². The third kappa shape index (κ3) is 3.20. The molecular weight excluding hydrogens is 316 g/mol. The summed E-state index contributed by atoms with van der Waals surface area (Å²) in [6, 6.07) is 11.7. The molecular formula is C16H9ClN4O2. The average molecular weight is 325 g/mol. The number of hydrogen-bond acceptors (Lipinski definition) is 5. The second kappa shape index (κ2) is 6.30. The summed E-state index contributed by atoms with van der Waals surface area (Å²) in [6.45, 7) is 0. The quantitative estimate of drug-likeness (QED) is 0.733. The lowest BCUT2D eigenvalue weighted by Crippen LogP contribution is -2.22. The van der Waals surface area contributed by atoms with Gasteiger partial charge in [-0.3, -0.25) is 9.78 Å². The smallest absolute Gasteiger partial charge is 0.271 e. The maximum atomic E-state index is 12.0. The molecule has 2 aromatic heterocycles. The fourth-order valence-corrected chi connectivity index (χ4v) is 2.11. The monoisotopic (exact) mass is 324 g/mol. The molecule has 3 aromatic rings. The van der Waals surface area contributed by atoms with Gasteiger partial charge in [0.25, 0.3) is 11.5 Å². The molecule has 112 valence electrons. The highest BCUT2D eigenvalue weighted by molar-refractivity contribution is 6.31. The van der Waals surface area contributed by atoms with E-state index in [2.05, 4.69) is 15.5 Å². The summed E-state index contributed by atoms with van der Waals surface area (Å²) >= 11 is 5.91. The predicted molar refractivity (Wildman–Crippen MR) is 83.2 cm³/mol. The molecule has 0 bridgehead atoms. The molecule has 3 rings (SSSR count). The SMILES string of the molecule is N#Cc1cc2cc(Cl)ccc2o/c1=N/NC(=O)c1ccncc1. The third-order valence-electron chi connectivity index (χ3n) is 3.03. The van der Waals surface area contributed by atoms with Gasteiger partial charge >= 0.3 is 0 Å². The van der Waals surface area contributed by atoms with Crippen LogP contribution in [0.2, 0.25) is 5.02 Å². The van der Waals surface area contributed by atoms with Gasteiger partial charge in [0.2, 0.25) is 0 Å². The van der Waals surface area contributed by atoms with Gasteiger partial charge in [0.15, 0.2) is 0 Å². The zero-order valence-corrected chi connectivity index (χ0v) is 12.4. The molecule has 0 spiro atoms. The molecule has 0 aliphatic carbocycles. The van der Waals surface area contributed by atoms with Crippen molar-refractivity contribution in [3.8, 4) is 6.07 Å². The van der Waals surface area contributed by atoms with Crippen LogP contribution in [0.15, 0.2) is 58.3 Å². The largest absolute Gasteiger partial charge is 0.436 e. The van der Waals surface area contributed by atoms with Gasteiger partial charge in [-0.1, -0.05) is 11.6 Å². The van der Waals surface area contributed by atoms with Crippen LogP contribution in [0.5, 0.6) is 0 Å². The molecule has 2 heterocycles. The van der Waals surface area contributed by atoms with Crippen LogP contribution >= 0.6 is 11.6 Å². The zero-order valence-electron chi connectivity index (χ0n) is 11.7. The van der Waals surface area contributed by atoms with Crippen LogP contribution in [0.25, 0.3) is 11.0 Å². The minimum absolute atomic E-state index is 0.0183. The number of rotatable bonds is 2. The Morgan fingerprint density at radius 3 is 2.78 bits per heavy atom. The molecule has 6 nitrogen and oxygen atoms in total. The molecule has 0 radical (unpaired) electrons. The van der Waals surface area contributed by atoms with Gasteiger partial charge in [0, 0.05) is 28.4 Å². The van der Waals surface area contributed by atoms with Crippen LogP contribution in [-0.2, 0) is 0 Å². The number of benzene rings is 1. The Labute approximate surface area is 135 Å². The van der Waals surface area contributed by atoms with Crippen LogP contribution < -0.4 is 11.0 Å². The number of carbonyl (C=O) groups excluding carboxylic acids is 1. The number of pyridine rings is 1. The van der Waals surface area contributed by atoms with E-state index in [0.717, 1.165) is 0 Å². The highest BCUT2D eigenvalue weighted by atomic mass is 35.5. The summed E-state index contributed by atoms with van der Waals surface area (Å²) in [4.78, 5) is 15.8. The highest BCUT2D eigenvalue weighted by Gasteiger charge is 2.06. The van der Waals surface area contributed by atoms with E-state index < -0.39 is 5.91 Å². The van der Waals surface area contributed by atoms with Crippen molar-refractivity contribution in [2.75, 3.05) is 0 Å². The number of fused-ring (bicyclic) bond motifs is 1. The van der Waals surface area contributed by atoms with Gasteiger partial charge in [-0.2, -0.15) is 5.26 Å². The van der Waals surface area contributed by atoms with Crippen LogP contribution in [0.3, 0.4) is 0 Å². The summed E-state index contributed by atoms with van der Waals surface area (Å²) in [7, 11) is 0. The average Bonchev–Trinajstić information content (AvgIpc) is 2.59. The van der Waals surface area contributed by atoms with Gasteiger partial charge in [-0.15, -0.1) is 5.10 Å². The number of nitriles is 1. The van der Waals surface area contributed by atoms with E-state index in [1.54, 1.807) is 36.4 Å². The van der Waals surface area contributed by atoms with E-state index in [9.17, 15) is 10.1 Å². The van der Waals surface area contributed by atoms with Crippen molar-refractivity contribution in [1.29, 1.82) is 5.26 Å². The minimum Gasteiger partial charge on any atom is -0.436 e. The first-order chi connectivity index (χ1) is 11.2. The number of carbonyl (C=O) groups is 1. The van der Waals surface area contributed by atoms with E-state index in [0.29, 0.717) is 21.6 Å². The highest BCUT2D eigenvalue weighted by Crippen LogP contribution is 2.18.